The number of amides is 1. The Kier molecular flexibility index (Phi) is 4.98. The summed E-state index contributed by atoms with van der Waals surface area (Å²) in [5.41, 5.74) is 0. The molecule has 0 radical (unpaired) electrons. The number of anilines is 1. The third-order valence-corrected chi connectivity index (χ3v) is 3.56. The van der Waals surface area contributed by atoms with Gasteiger partial charge in [0.2, 0.25) is 11.8 Å². The van der Waals surface area contributed by atoms with Crippen molar-refractivity contribution in [2.45, 2.75) is 32.8 Å². The lowest BCUT2D eigenvalue weighted by Crippen LogP contribution is -2.45. The number of rotatable bonds is 4. The van der Waals surface area contributed by atoms with Crippen LogP contribution in [0, 0.1) is 5.92 Å². The first-order valence-electron chi connectivity index (χ1n) is 7.44. The Hall–Kier alpha value is -1.85. The molecule has 1 amide bonds. The van der Waals surface area contributed by atoms with Crippen molar-refractivity contribution < 1.29 is 9.53 Å². The lowest BCUT2D eigenvalue weighted by molar-refractivity contribution is -0.137. The summed E-state index contributed by atoms with van der Waals surface area (Å²) >= 11 is 0. The maximum Gasteiger partial charge on any atom is 0.233 e. The summed E-state index contributed by atoms with van der Waals surface area (Å²) in [6, 6.07) is 3.70. The van der Waals surface area contributed by atoms with Crippen LogP contribution in [0.15, 0.2) is 12.1 Å². The largest absolute Gasteiger partial charge is 0.471 e. The molecule has 0 spiro atoms. The van der Waals surface area contributed by atoms with E-state index >= 15 is 0 Å². The number of hydrogen-bond donors (Lipinski definition) is 0. The van der Waals surface area contributed by atoms with Crippen LogP contribution in [0.1, 0.15) is 26.7 Å². The standard InChI is InChI=1S/C15H24N4O2/c1-11(2)15(20)19-9-5-6-12(10-19)21-14-8-7-13(16-17-14)18(3)4/h7-8,11-12H,5-6,9-10H2,1-4H3. The number of carbonyl (C=O) groups is 1. The lowest BCUT2D eigenvalue weighted by Gasteiger charge is -2.33. The Balaban J connectivity index is 1.94. The first kappa shape index (κ1) is 15.5. The second-order valence-corrected chi connectivity index (χ2v) is 5.95. The SMILES string of the molecule is CC(C)C(=O)N1CCCC(Oc2ccc(N(C)C)nn2)C1. The highest BCUT2D eigenvalue weighted by molar-refractivity contribution is 5.78. The van der Waals surface area contributed by atoms with Crippen molar-refractivity contribution in [3.63, 3.8) is 0 Å². The first-order valence-corrected chi connectivity index (χ1v) is 7.44. The van der Waals surface area contributed by atoms with Gasteiger partial charge < -0.3 is 14.5 Å². The number of hydrogen-bond acceptors (Lipinski definition) is 5. The van der Waals surface area contributed by atoms with Gasteiger partial charge in [0.05, 0.1) is 6.54 Å². The molecule has 1 unspecified atom stereocenters. The van der Waals surface area contributed by atoms with Gasteiger partial charge in [-0.25, -0.2) is 0 Å². The van der Waals surface area contributed by atoms with Crippen LogP contribution in [-0.2, 0) is 4.79 Å². The maximum absolute atomic E-state index is 12.1. The van der Waals surface area contributed by atoms with E-state index in [0.717, 1.165) is 25.2 Å². The molecule has 1 aliphatic heterocycles. The van der Waals surface area contributed by atoms with Crippen molar-refractivity contribution in [2.24, 2.45) is 5.92 Å². The van der Waals surface area contributed by atoms with E-state index in [1.165, 1.54) is 0 Å². The molecule has 1 atom stereocenters. The zero-order chi connectivity index (χ0) is 15.4. The molecule has 1 fully saturated rings. The molecule has 0 bridgehead atoms. The topological polar surface area (TPSA) is 58.6 Å². The molecular formula is C15H24N4O2. The Morgan fingerprint density at radius 2 is 2.14 bits per heavy atom. The minimum Gasteiger partial charge on any atom is -0.471 e. The monoisotopic (exact) mass is 292 g/mol. The van der Waals surface area contributed by atoms with Gasteiger partial charge in [-0.3, -0.25) is 4.79 Å². The molecule has 0 N–H and O–H groups in total. The molecular weight excluding hydrogens is 268 g/mol. The van der Waals surface area contributed by atoms with Gasteiger partial charge in [-0.2, -0.15) is 0 Å². The molecule has 21 heavy (non-hydrogen) atoms. The van der Waals surface area contributed by atoms with E-state index in [-0.39, 0.29) is 17.9 Å². The van der Waals surface area contributed by atoms with Crippen LogP contribution in [0.2, 0.25) is 0 Å². The molecule has 2 rings (SSSR count). The van der Waals surface area contributed by atoms with Gasteiger partial charge in [0.25, 0.3) is 0 Å². The van der Waals surface area contributed by atoms with Crippen molar-refractivity contribution >= 4 is 11.7 Å². The summed E-state index contributed by atoms with van der Waals surface area (Å²) in [6.45, 7) is 5.31. The molecule has 6 heteroatoms. The van der Waals surface area contributed by atoms with Crippen LogP contribution >= 0.6 is 0 Å². The molecule has 1 aromatic heterocycles. The molecule has 1 aliphatic rings. The quantitative estimate of drug-likeness (QED) is 0.843. The Bertz CT molecular complexity index is 473. The molecule has 1 aromatic rings. The molecule has 6 nitrogen and oxygen atoms in total. The number of nitrogens with zero attached hydrogens (tertiary/aromatic N) is 4. The van der Waals surface area contributed by atoms with E-state index in [1.807, 2.05) is 49.9 Å². The number of aromatic nitrogens is 2. The minimum atomic E-state index is 0.000885. The van der Waals surface area contributed by atoms with Crippen LogP contribution < -0.4 is 9.64 Å². The van der Waals surface area contributed by atoms with Crippen LogP contribution in [0.4, 0.5) is 5.82 Å². The Labute approximate surface area is 126 Å². The fraction of sp³-hybridized carbons (Fsp3) is 0.667. The summed E-state index contributed by atoms with van der Waals surface area (Å²) in [6.07, 6.45) is 1.91. The van der Waals surface area contributed by atoms with Gasteiger partial charge >= 0.3 is 0 Å². The fourth-order valence-corrected chi connectivity index (χ4v) is 2.38. The minimum absolute atomic E-state index is 0.000885. The summed E-state index contributed by atoms with van der Waals surface area (Å²) in [5.74, 6) is 1.53. The fourth-order valence-electron chi connectivity index (χ4n) is 2.38. The zero-order valence-corrected chi connectivity index (χ0v) is 13.2. The molecule has 0 aliphatic carbocycles. The zero-order valence-electron chi connectivity index (χ0n) is 13.2. The number of piperidine rings is 1. The van der Waals surface area contributed by atoms with Gasteiger partial charge in [-0.1, -0.05) is 13.8 Å². The Morgan fingerprint density at radius 1 is 1.38 bits per heavy atom. The second kappa shape index (κ2) is 6.74. The summed E-state index contributed by atoms with van der Waals surface area (Å²) < 4.78 is 5.86. The highest BCUT2D eigenvalue weighted by Gasteiger charge is 2.26. The summed E-state index contributed by atoms with van der Waals surface area (Å²) in [4.78, 5) is 15.8. The molecule has 2 heterocycles. The van der Waals surface area contributed by atoms with E-state index < -0.39 is 0 Å². The van der Waals surface area contributed by atoms with Crippen LogP contribution in [-0.4, -0.2) is 54.3 Å². The second-order valence-electron chi connectivity index (χ2n) is 5.95. The normalized spacial score (nSPS) is 18.7. The maximum atomic E-state index is 12.1. The third kappa shape index (κ3) is 4.06. The van der Waals surface area contributed by atoms with Gasteiger partial charge in [0.1, 0.15) is 6.10 Å². The van der Waals surface area contributed by atoms with E-state index in [0.29, 0.717) is 12.4 Å². The van der Waals surface area contributed by atoms with Crippen molar-refractivity contribution in [3.8, 4) is 5.88 Å². The van der Waals surface area contributed by atoms with E-state index in [2.05, 4.69) is 10.2 Å². The average Bonchev–Trinajstić information content (AvgIpc) is 2.47. The van der Waals surface area contributed by atoms with E-state index in [1.54, 1.807) is 0 Å². The predicted octanol–water partition coefficient (Wildman–Crippen LogP) is 1.57. The average molecular weight is 292 g/mol. The van der Waals surface area contributed by atoms with Crippen molar-refractivity contribution in [1.82, 2.24) is 15.1 Å². The molecule has 0 aromatic carbocycles. The number of ether oxygens (including phenoxy) is 1. The summed E-state index contributed by atoms with van der Waals surface area (Å²) in [7, 11) is 3.84. The van der Waals surface area contributed by atoms with Gasteiger partial charge in [-0.15, -0.1) is 10.2 Å². The van der Waals surface area contributed by atoms with Gasteiger partial charge in [0.15, 0.2) is 5.82 Å². The van der Waals surface area contributed by atoms with Crippen molar-refractivity contribution in [2.75, 3.05) is 32.1 Å². The lowest BCUT2D eigenvalue weighted by atomic mass is 10.1. The third-order valence-electron chi connectivity index (χ3n) is 3.56. The smallest absolute Gasteiger partial charge is 0.233 e. The Morgan fingerprint density at radius 3 is 2.71 bits per heavy atom. The van der Waals surface area contributed by atoms with Gasteiger partial charge in [-0.05, 0) is 18.9 Å². The predicted molar refractivity (Wildman–Crippen MR) is 81.4 cm³/mol. The number of likely N-dealkylation sites (tertiary alicyclic amines) is 1. The molecule has 1 saturated heterocycles. The van der Waals surface area contributed by atoms with Gasteiger partial charge in [0, 0.05) is 32.6 Å². The van der Waals surface area contributed by atoms with E-state index in [9.17, 15) is 4.79 Å². The van der Waals surface area contributed by atoms with Crippen LogP contribution in [0.5, 0.6) is 5.88 Å². The highest BCUT2D eigenvalue weighted by Crippen LogP contribution is 2.18. The molecule has 116 valence electrons. The van der Waals surface area contributed by atoms with E-state index in [4.69, 9.17) is 4.74 Å². The van der Waals surface area contributed by atoms with Crippen LogP contribution in [0.3, 0.4) is 0 Å². The van der Waals surface area contributed by atoms with Crippen molar-refractivity contribution in [3.05, 3.63) is 12.1 Å². The van der Waals surface area contributed by atoms with Crippen LogP contribution in [0.25, 0.3) is 0 Å². The first-order chi connectivity index (χ1) is 9.97. The highest BCUT2D eigenvalue weighted by atomic mass is 16.5. The van der Waals surface area contributed by atoms with Crippen molar-refractivity contribution in [1.29, 1.82) is 0 Å². The molecule has 0 saturated carbocycles. The summed E-state index contributed by atoms with van der Waals surface area (Å²) in [5, 5.41) is 8.18. The number of carbonyl (C=O) groups excluding carboxylic acids is 1.